The molecule has 0 unspecified atom stereocenters. The second-order valence-corrected chi connectivity index (χ2v) is 4.78. The maximum Gasteiger partial charge on any atom is 0.228 e. The van der Waals surface area contributed by atoms with Gasteiger partial charge in [-0.15, -0.1) is 0 Å². The molecule has 1 N–H and O–H groups in total. The summed E-state index contributed by atoms with van der Waals surface area (Å²) in [4.78, 5) is 11.8. The van der Waals surface area contributed by atoms with Crippen molar-refractivity contribution in [2.24, 2.45) is 0 Å². The van der Waals surface area contributed by atoms with E-state index in [1.165, 1.54) is 0 Å². The first-order chi connectivity index (χ1) is 8.69. The Bertz CT molecular complexity index is 597. The Balaban J connectivity index is 2.09. The smallest absolute Gasteiger partial charge is 0.228 e. The van der Waals surface area contributed by atoms with Crippen LogP contribution in [0.25, 0.3) is 0 Å². The average Bonchev–Trinajstić information content (AvgIpc) is 2.84. The number of nitrogens with zero attached hydrogens (tertiary/aromatic N) is 1. The van der Waals surface area contributed by atoms with Gasteiger partial charge in [0.15, 0.2) is 0 Å². The normalized spacial score (nSPS) is 9.78. The molecule has 0 aliphatic rings. The maximum absolute atomic E-state index is 11.8. The van der Waals surface area contributed by atoms with Crippen LogP contribution in [0.3, 0.4) is 0 Å². The van der Waals surface area contributed by atoms with Crippen LogP contribution in [0.4, 0.5) is 5.69 Å². The zero-order valence-electron chi connectivity index (χ0n) is 9.93. The third-order valence-electron chi connectivity index (χ3n) is 2.59. The number of rotatable bonds is 3. The molecule has 0 saturated heterocycles. The summed E-state index contributed by atoms with van der Waals surface area (Å²) in [6.45, 7) is 1.90. The minimum absolute atomic E-state index is 0.0633. The Kier molecular flexibility index (Phi) is 3.75. The molecule has 0 aliphatic heterocycles. The van der Waals surface area contributed by atoms with Crippen molar-refractivity contribution >= 4 is 22.9 Å². The molecule has 2 aromatic rings. The number of nitrogens with one attached hydrogen (secondary N) is 1. The minimum Gasteiger partial charge on any atom is -0.326 e. The molecule has 2 rings (SSSR count). The molecular formula is C14H12N2OS. The molecule has 1 aromatic heterocycles. The molecule has 18 heavy (non-hydrogen) atoms. The number of thiophene rings is 1. The van der Waals surface area contributed by atoms with Crippen LogP contribution in [0.1, 0.15) is 16.7 Å². The monoisotopic (exact) mass is 256 g/mol. The predicted molar refractivity (Wildman–Crippen MR) is 72.5 cm³/mol. The third-order valence-corrected chi connectivity index (χ3v) is 3.32. The van der Waals surface area contributed by atoms with Crippen LogP contribution in [-0.2, 0) is 11.2 Å². The molecule has 0 atom stereocenters. The highest BCUT2D eigenvalue weighted by atomic mass is 32.1. The van der Waals surface area contributed by atoms with E-state index >= 15 is 0 Å². The van der Waals surface area contributed by atoms with Gasteiger partial charge in [0, 0.05) is 5.69 Å². The van der Waals surface area contributed by atoms with Crippen molar-refractivity contribution in [1.82, 2.24) is 0 Å². The van der Waals surface area contributed by atoms with Crippen LogP contribution >= 0.6 is 11.3 Å². The Morgan fingerprint density at radius 2 is 2.28 bits per heavy atom. The standard InChI is InChI=1S/C14H12N2OS/c1-10-2-3-11(8-15)6-13(10)16-14(17)7-12-4-5-18-9-12/h2-6,9H,7H2,1H3,(H,16,17). The van der Waals surface area contributed by atoms with Crippen LogP contribution < -0.4 is 5.32 Å². The number of nitriles is 1. The van der Waals surface area contributed by atoms with Crippen LogP contribution in [0.15, 0.2) is 35.0 Å². The first kappa shape index (κ1) is 12.3. The van der Waals surface area contributed by atoms with Gasteiger partial charge >= 0.3 is 0 Å². The van der Waals surface area contributed by atoms with Crippen molar-refractivity contribution in [3.05, 3.63) is 51.7 Å². The molecule has 1 amide bonds. The summed E-state index contributed by atoms with van der Waals surface area (Å²) in [5.74, 6) is -0.0633. The van der Waals surface area contributed by atoms with E-state index in [1.54, 1.807) is 23.5 Å². The fraction of sp³-hybridized carbons (Fsp3) is 0.143. The first-order valence-corrected chi connectivity index (χ1v) is 6.45. The second-order valence-electron chi connectivity index (χ2n) is 4.00. The van der Waals surface area contributed by atoms with Crippen LogP contribution in [0.5, 0.6) is 0 Å². The van der Waals surface area contributed by atoms with Gasteiger partial charge in [0.05, 0.1) is 18.1 Å². The summed E-state index contributed by atoms with van der Waals surface area (Å²) >= 11 is 1.57. The number of carbonyl (C=O) groups excluding carboxylic acids is 1. The average molecular weight is 256 g/mol. The van der Waals surface area contributed by atoms with Gasteiger partial charge in [-0.2, -0.15) is 16.6 Å². The Hall–Kier alpha value is -2.12. The molecule has 0 bridgehead atoms. The maximum atomic E-state index is 11.8. The van der Waals surface area contributed by atoms with Gasteiger partial charge in [0.2, 0.25) is 5.91 Å². The molecule has 0 aliphatic carbocycles. The lowest BCUT2D eigenvalue weighted by atomic mass is 10.1. The highest BCUT2D eigenvalue weighted by Gasteiger charge is 2.07. The predicted octanol–water partition coefficient (Wildman–Crippen LogP) is 3.11. The SMILES string of the molecule is Cc1ccc(C#N)cc1NC(=O)Cc1ccsc1. The summed E-state index contributed by atoms with van der Waals surface area (Å²) < 4.78 is 0. The van der Waals surface area contributed by atoms with E-state index in [9.17, 15) is 4.79 Å². The summed E-state index contributed by atoms with van der Waals surface area (Å²) in [5.41, 5.74) is 3.21. The van der Waals surface area contributed by atoms with Crippen molar-refractivity contribution in [2.75, 3.05) is 5.32 Å². The van der Waals surface area contributed by atoms with E-state index in [1.807, 2.05) is 29.8 Å². The lowest BCUT2D eigenvalue weighted by molar-refractivity contribution is -0.115. The number of amides is 1. The fourth-order valence-corrected chi connectivity index (χ4v) is 2.27. The zero-order valence-corrected chi connectivity index (χ0v) is 10.8. The molecule has 1 heterocycles. The van der Waals surface area contributed by atoms with Crippen LogP contribution in [0.2, 0.25) is 0 Å². The third kappa shape index (κ3) is 2.96. The Labute approximate surface area is 110 Å². The van der Waals surface area contributed by atoms with Crippen LogP contribution in [-0.4, -0.2) is 5.91 Å². The summed E-state index contributed by atoms with van der Waals surface area (Å²) in [6.07, 6.45) is 0.361. The number of benzene rings is 1. The topological polar surface area (TPSA) is 52.9 Å². The Morgan fingerprint density at radius 3 is 2.94 bits per heavy atom. The van der Waals surface area contributed by atoms with Gasteiger partial charge in [0.25, 0.3) is 0 Å². The van der Waals surface area contributed by atoms with Crippen molar-refractivity contribution < 1.29 is 4.79 Å². The molecule has 0 radical (unpaired) electrons. The Morgan fingerprint density at radius 1 is 1.44 bits per heavy atom. The fourth-order valence-electron chi connectivity index (χ4n) is 1.60. The van der Waals surface area contributed by atoms with E-state index in [0.717, 1.165) is 11.1 Å². The van der Waals surface area contributed by atoms with Gasteiger partial charge in [-0.1, -0.05) is 6.07 Å². The largest absolute Gasteiger partial charge is 0.326 e. The van der Waals surface area contributed by atoms with E-state index in [2.05, 4.69) is 11.4 Å². The molecular weight excluding hydrogens is 244 g/mol. The van der Waals surface area contributed by atoms with Crippen molar-refractivity contribution in [1.29, 1.82) is 5.26 Å². The van der Waals surface area contributed by atoms with Crippen molar-refractivity contribution in [3.8, 4) is 6.07 Å². The van der Waals surface area contributed by atoms with Gasteiger partial charge in [0.1, 0.15) is 0 Å². The van der Waals surface area contributed by atoms with Crippen molar-refractivity contribution in [3.63, 3.8) is 0 Å². The van der Waals surface area contributed by atoms with E-state index < -0.39 is 0 Å². The highest BCUT2D eigenvalue weighted by Crippen LogP contribution is 2.17. The molecule has 0 fully saturated rings. The summed E-state index contributed by atoms with van der Waals surface area (Å²) in [5, 5.41) is 15.6. The van der Waals surface area contributed by atoms with Gasteiger partial charge < -0.3 is 5.32 Å². The highest BCUT2D eigenvalue weighted by molar-refractivity contribution is 7.08. The molecule has 90 valence electrons. The second kappa shape index (κ2) is 5.48. The van der Waals surface area contributed by atoms with Gasteiger partial charge in [-0.3, -0.25) is 4.79 Å². The lowest BCUT2D eigenvalue weighted by Gasteiger charge is -2.08. The minimum atomic E-state index is -0.0633. The number of carbonyl (C=O) groups is 1. The van der Waals surface area contributed by atoms with Crippen molar-refractivity contribution in [2.45, 2.75) is 13.3 Å². The molecule has 3 nitrogen and oxygen atoms in total. The van der Waals surface area contributed by atoms with E-state index in [0.29, 0.717) is 17.7 Å². The lowest BCUT2D eigenvalue weighted by Crippen LogP contribution is -2.14. The molecule has 4 heteroatoms. The number of hydrogen-bond donors (Lipinski definition) is 1. The summed E-state index contributed by atoms with van der Waals surface area (Å²) in [7, 11) is 0. The summed E-state index contributed by atoms with van der Waals surface area (Å²) in [6, 6.07) is 9.26. The quantitative estimate of drug-likeness (QED) is 0.917. The zero-order chi connectivity index (χ0) is 13.0. The number of hydrogen-bond acceptors (Lipinski definition) is 3. The van der Waals surface area contributed by atoms with Gasteiger partial charge in [-0.25, -0.2) is 0 Å². The number of anilines is 1. The molecule has 1 aromatic carbocycles. The van der Waals surface area contributed by atoms with Crippen LogP contribution in [0, 0.1) is 18.3 Å². The van der Waals surface area contributed by atoms with E-state index in [4.69, 9.17) is 5.26 Å². The van der Waals surface area contributed by atoms with Gasteiger partial charge in [-0.05, 0) is 47.0 Å². The first-order valence-electron chi connectivity index (χ1n) is 5.50. The van der Waals surface area contributed by atoms with E-state index in [-0.39, 0.29) is 5.91 Å². The molecule has 0 spiro atoms. The molecule has 0 saturated carbocycles. The number of aryl methyl sites for hydroxylation is 1.